The normalized spacial score (nSPS) is 17.5. The monoisotopic (exact) mass is 324 g/mol. The number of benzene rings is 1. The molecule has 1 amide bonds. The van der Waals surface area contributed by atoms with E-state index in [2.05, 4.69) is 44.8 Å². The van der Waals surface area contributed by atoms with Crippen molar-refractivity contribution in [3.8, 4) is 0 Å². The first kappa shape index (κ1) is 16.5. The Morgan fingerprint density at radius 1 is 1.25 bits per heavy atom. The fourth-order valence-electron chi connectivity index (χ4n) is 2.92. The van der Waals surface area contributed by atoms with E-state index in [0.29, 0.717) is 12.2 Å². The van der Waals surface area contributed by atoms with E-state index >= 15 is 0 Å². The fourth-order valence-corrected chi connectivity index (χ4v) is 2.92. The average Bonchev–Trinajstić information content (AvgIpc) is 2.67. The Hall–Kier alpha value is -2.40. The summed E-state index contributed by atoms with van der Waals surface area (Å²) in [4.78, 5) is 18.9. The van der Waals surface area contributed by atoms with Crippen molar-refractivity contribution in [2.75, 3.05) is 31.1 Å². The van der Waals surface area contributed by atoms with Gasteiger partial charge in [-0.25, -0.2) is 4.98 Å². The number of carbonyl (C=O) groups is 1. The van der Waals surface area contributed by atoms with Gasteiger partial charge in [0, 0.05) is 32.2 Å². The second-order valence-electron chi connectivity index (χ2n) is 6.00. The molecule has 5 nitrogen and oxygen atoms in total. The van der Waals surface area contributed by atoms with Crippen LogP contribution < -0.4 is 15.5 Å². The molecule has 24 heavy (non-hydrogen) atoms. The van der Waals surface area contributed by atoms with Gasteiger partial charge in [-0.1, -0.05) is 43.3 Å². The van der Waals surface area contributed by atoms with E-state index in [-0.39, 0.29) is 11.9 Å². The number of anilines is 1. The first-order valence-corrected chi connectivity index (χ1v) is 8.56. The Labute approximate surface area is 143 Å². The van der Waals surface area contributed by atoms with E-state index in [9.17, 15) is 4.79 Å². The first-order valence-electron chi connectivity index (χ1n) is 8.56. The second-order valence-corrected chi connectivity index (χ2v) is 6.00. The summed E-state index contributed by atoms with van der Waals surface area (Å²) in [5, 5.41) is 6.43. The van der Waals surface area contributed by atoms with Crippen molar-refractivity contribution in [3.05, 3.63) is 59.8 Å². The zero-order valence-corrected chi connectivity index (χ0v) is 14.0. The van der Waals surface area contributed by atoms with Gasteiger partial charge in [0.2, 0.25) is 0 Å². The van der Waals surface area contributed by atoms with Crippen LogP contribution in [0, 0.1) is 0 Å². The van der Waals surface area contributed by atoms with E-state index in [1.807, 2.05) is 25.1 Å². The van der Waals surface area contributed by atoms with Gasteiger partial charge in [0.1, 0.15) is 11.5 Å². The fraction of sp³-hybridized carbons (Fsp3) is 0.368. The van der Waals surface area contributed by atoms with Gasteiger partial charge in [-0.05, 0) is 24.1 Å². The van der Waals surface area contributed by atoms with Crippen molar-refractivity contribution in [3.63, 3.8) is 0 Å². The lowest BCUT2D eigenvalue weighted by atomic mass is 10.0. The molecule has 1 saturated heterocycles. The highest BCUT2D eigenvalue weighted by Gasteiger charge is 2.22. The summed E-state index contributed by atoms with van der Waals surface area (Å²) in [6.45, 7) is 5.34. The van der Waals surface area contributed by atoms with Crippen LogP contribution in [-0.4, -0.2) is 37.1 Å². The van der Waals surface area contributed by atoms with Gasteiger partial charge >= 0.3 is 0 Å². The van der Waals surface area contributed by atoms with Crippen LogP contribution in [0.3, 0.4) is 0 Å². The van der Waals surface area contributed by atoms with E-state index in [0.717, 1.165) is 31.9 Å². The molecule has 0 radical (unpaired) electrons. The van der Waals surface area contributed by atoms with Crippen molar-refractivity contribution in [2.45, 2.75) is 19.4 Å². The highest BCUT2D eigenvalue weighted by molar-refractivity contribution is 5.92. The molecule has 3 rings (SSSR count). The Morgan fingerprint density at radius 2 is 2.08 bits per heavy atom. The molecule has 1 aromatic carbocycles. The number of piperazine rings is 1. The number of carbonyl (C=O) groups excluding carboxylic acids is 1. The first-order chi connectivity index (χ1) is 11.8. The average molecular weight is 324 g/mol. The van der Waals surface area contributed by atoms with Crippen LogP contribution in [-0.2, 0) is 0 Å². The molecular formula is C19H24N4O. The van der Waals surface area contributed by atoms with Crippen molar-refractivity contribution >= 4 is 11.7 Å². The minimum Gasteiger partial charge on any atom is -0.353 e. The number of amides is 1. The maximum atomic E-state index is 12.1. The summed E-state index contributed by atoms with van der Waals surface area (Å²) in [6.07, 6.45) is 0.919. The Balaban J connectivity index is 1.73. The lowest BCUT2D eigenvalue weighted by molar-refractivity contribution is 0.0949. The van der Waals surface area contributed by atoms with Gasteiger partial charge in [0.05, 0.1) is 0 Å². The van der Waals surface area contributed by atoms with Crippen LogP contribution in [0.1, 0.15) is 35.4 Å². The van der Waals surface area contributed by atoms with Crippen LogP contribution in [0.15, 0.2) is 48.5 Å². The zero-order valence-electron chi connectivity index (χ0n) is 14.0. The maximum absolute atomic E-state index is 12.1. The third-order valence-corrected chi connectivity index (χ3v) is 4.20. The molecule has 1 aliphatic heterocycles. The van der Waals surface area contributed by atoms with Crippen molar-refractivity contribution in [1.82, 2.24) is 15.6 Å². The lowest BCUT2D eigenvalue weighted by Crippen LogP contribution is -2.46. The minimum absolute atomic E-state index is 0.103. The number of hydrogen-bond donors (Lipinski definition) is 2. The number of pyridine rings is 1. The zero-order chi connectivity index (χ0) is 16.8. The van der Waals surface area contributed by atoms with Gasteiger partial charge in [-0.3, -0.25) is 4.79 Å². The molecule has 1 atom stereocenters. The number of nitrogens with zero attached hydrogens (tertiary/aromatic N) is 2. The van der Waals surface area contributed by atoms with Gasteiger partial charge in [0.25, 0.3) is 5.91 Å². The molecule has 0 bridgehead atoms. The Bertz CT molecular complexity index is 674. The highest BCUT2D eigenvalue weighted by atomic mass is 16.1. The van der Waals surface area contributed by atoms with Crippen LogP contribution >= 0.6 is 0 Å². The number of aromatic nitrogens is 1. The molecule has 1 aromatic heterocycles. The van der Waals surface area contributed by atoms with Crippen LogP contribution in [0.2, 0.25) is 0 Å². The number of hydrogen-bond acceptors (Lipinski definition) is 4. The lowest BCUT2D eigenvalue weighted by Gasteiger charge is -2.34. The standard InChI is InChI=1S/C19H24N4O/c1-2-11-21-19(24)16-9-6-10-18(22-16)23-13-12-20-17(14-23)15-7-4-3-5-8-15/h3-10,17,20H,2,11-14H2,1H3,(H,21,24)/t17-/m0/s1. The summed E-state index contributed by atoms with van der Waals surface area (Å²) in [6, 6.07) is 16.4. The van der Waals surface area contributed by atoms with Crippen molar-refractivity contribution in [2.24, 2.45) is 0 Å². The molecule has 0 saturated carbocycles. The molecule has 0 aliphatic carbocycles. The SMILES string of the molecule is CCCNC(=O)c1cccc(N2CCN[C@H](c3ccccc3)C2)n1. The molecule has 2 heterocycles. The summed E-state index contributed by atoms with van der Waals surface area (Å²) in [5.74, 6) is 0.759. The summed E-state index contributed by atoms with van der Waals surface area (Å²) < 4.78 is 0. The topological polar surface area (TPSA) is 57.3 Å². The molecule has 0 unspecified atom stereocenters. The van der Waals surface area contributed by atoms with Gasteiger partial charge in [-0.2, -0.15) is 0 Å². The Kier molecular flexibility index (Phi) is 5.43. The quantitative estimate of drug-likeness (QED) is 0.886. The van der Waals surface area contributed by atoms with Crippen molar-refractivity contribution < 1.29 is 4.79 Å². The molecular weight excluding hydrogens is 300 g/mol. The highest BCUT2D eigenvalue weighted by Crippen LogP contribution is 2.21. The third kappa shape index (κ3) is 3.92. The minimum atomic E-state index is -0.103. The number of rotatable bonds is 5. The van der Waals surface area contributed by atoms with Gasteiger partial charge in [-0.15, -0.1) is 0 Å². The molecule has 1 fully saturated rings. The molecule has 1 aliphatic rings. The predicted molar refractivity (Wildman–Crippen MR) is 96.3 cm³/mol. The predicted octanol–water partition coefficient (Wildman–Crippen LogP) is 2.37. The summed E-state index contributed by atoms with van der Waals surface area (Å²) in [5.41, 5.74) is 1.76. The largest absolute Gasteiger partial charge is 0.353 e. The van der Waals surface area contributed by atoms with Gasteiger partial charge in [0.15, 0.2) is 0 Å². The smallest absolute Gasteiger partial charge is 0.269 e. The van der Waals surface area contributed by atoms with Crippen LogP contribution in [0.4, 0.5) is 5.82 Å². The van der Waals surface area contributed by atoms with Crippen LogP contribution in [0.5, 0.6) is 0 Å². The van der Waals surface area contributed by atoms with Crippen molar-refractivity contribution in [1.29, 1.82) is 0 Å². The molecule has 2 N–H and O–H groups in total. The van der Waals surface area contributed by atoms with E-state index < -0.39 is 0 Å². The van der Waals surface area contributed by atoms with E-state index in [1.54, 1.807) is 6.07 Å². The molecule has 2 aromatic rings. The molecule has 126 valence electrons. The summed E-state index contributed by atoms with van der Waals surface area (Å²) in [7, 11) is 0. The molecule has 5 heteroatoms. The third-order valence-electron chi connectivity index (χ3n) is 4.20. The molecule has 0 spiro atoms. The van der Waals surface area contributed by atoms with Gasteiger partial charge < -0.3 is 15.5 Å². The maximum Gasteiger partial charge on any atom is 0.269 e. The van der Waals surface area contributed by atoms with E-state index in [1.165, 1.54) is 5.56 Å². The Morgan fingerprint density at radius 3 is 2.88 bits per heavy atom. The summed E-state index contributed by atoms with van der Waals surface area (Å²) >= 11 is 0. The number of nitrogens with one attached hydrogen (secondary N) is 2. The van der Waals surface area contributed by atoms with Crippen LogP contribution in [0.25, 0.3) is 0 Å². The second kappa shape index (κ2) is 7.93. The van der Waals surface area contributed by atoms with E-state index in [4.69, 9.17) is 0 Å².